The Morgan fingerprint density at radius 2 is 1.79 bits per heavy atom. The lowest BCUT2D eigenvalue weighted by Crippen LogP contribution is -2.57. The van der Waals surface area contributed by atoms with Gasteiger partial charge in [-0.2, -0.15) is 0 Å². The van der Waals surface area contributed by atoms with E-state index in [2.05, 4.69) is 23.6 Å². The van der Waals surface area contributed by atoms with Gasteiger partial charge in [0.25, 0.3) is 0 Å². The molecule has 0 bridgehead atoms. The normalized spacial score (nSPS) is 34.0. The summed E-state index contributed by atoms with van der Waals surface area (Å²) in [5.41, 5.74) is 0.597. The zero-order valence-electron chi connectivity index (χ0n) is 17.9. The van der Waals surface area contributed by atoms with Crippen LogP contribution in [0.3, 0.4) is 0 Å². The van der Waals surface area contributed by atoms with Crippen molar-refractivity contribution in [2.75, 3.05) is 39.3 Å². The molecular weight excluding hydrogens is 354 g/mol. The molecule has 1 saturated carbocycles. The molecule has 158 valence electrons. The minimum absolute atomic E-state index is 0.141. The number of hydrogen-bond donors (Lipinski definition) is 0. The summed E-state index contributed by atoms with van der Waals surface area (Å²) in [4.78, 5) is 31.1. The maximum atomic E-state index is 12.4. The number of likely N-dealkylation sites (tertiary alicyclic amines) is 3. The van der Waals surface area contributed by atoms with E-state index in [0.29, 0.717) is 30.0 Å². The van der Waals surface area contributed by atoms with Crippen LogP contribution >= 0.6 is 0 Å². The van der Waals surface area contributed by atoms with Gasteiger partial charge in [0.1, 0.15) is 0 Å². The molecule has 1 aliphatic carbocycles. The van der Waals surface area contributed by atoms with Crippen molar-refractivity contribution in [2.45, 2.75) is 77.8 Å². The Balaban J connectivity index is 1.24. The number of piperidine rings is 2. The molecule has 1 spiro atoms. The maximum Gasteiger partial charge on any atom is 0.409 e. The third kappa shape index (κ3) is 3.89. The molecule has 4 aliphatic rings. The van der Waals surface area contributed by atoms with Crippen LogP contribution in [0.4, 0.5) is 4.79 Å². The fraction of sp³-hybridized carbons (Fsp3) is 0.909. The molecule has 2 amide bonds. The standard InChI is InChI=1S/C22H37N3O3/c1-4-28-20(27)24-12-9-22(16-24)13-18(14-22)23-10-6-17(7-11-23)25-15-21(2,3)8-5-19(25)26/h17-18H,4-16H2,1-3H3. The summed E-state index contributed by atoms with van der Waals surface area (Å²) in [6.45, 7) is 11.8. The van der Waals surface area contributed by atoms with Gasteiger partial charge in [0.2, 0.25) is 5.91 Å². The highest BCUT2D eigenvalue weighted by molar-refractivity contribution is 5.77. The second-order valence-corrected chi connectivity index (χ2v) is 10.4. The Kier molecular flexibility index (Phi) is 5.36. The zero-order valence-corrected chi connectivity index (χ0v) is 17.9. The molecule has 0 unspecified atom stereocenters. The number of ether oxygens (including phenoxy) is 1. The lowest BCUT2D eigenvalue weighted by molar-refractivity contribution is -0.141. The van der Waals surface area contributed by atoms with E-state index in [9.17, 15) is 9.59 Å². The van der Waals surface area contributed by atoms with E-state index in [0.717, 1.165) is 64.8 Å². The summed E-state index contributed by atoms with van der Waals surface area (Å²) in [5.74, 6) is 0.366. The SMILES string of the molecule is CCOC(=O)N1CCC2(CC(N3CCC(N4CC(C)(C)CCC4=O)CC3)C2)C1. The van der Waals surface area contributed by atoms with E-state index >= 15 is 0 Å². The molecule has 3 heterocycles. The Labute approximate surface area is 169 Å². The van der Waals surface area contributed by atoms with E-state index in [4.69, 9.17) is 4.74 Å². The van der Waals surface area contributed by atoms with E-state index in [1.165, 1.54) is 12.8 Å². The number of rotatable bonds is 3. The Hall–Kier alpha value is -1.30. The minimum atomic E-state index is -0.141. The van der Waals surface area contributed by atoms with Crippen LogP contribution < -0.4 is 0 Å². The van der Waals surface area contributed by atoms with Gasteiger partial charge >= 0.3 is 6.09 Å². The number of amides is 2. The molecule has 4 fully saturated rings. The van der Waals surface area contributed by atoms with Crippen LogP contribution in [0.1, 0.15) is 65.7 Å². The quantitative estimate of drug-likeness (QED) is 0.742. The molecule has 0 aromatic rings. The van der Waals surface area contributed by atoms with Gasteiger partial charge < -0.3 is 19.4 Å². The van der Waals surface area contributed by atoms with Gasteiger partial charge in [-0.15, -0.1) is 0 Å². The highest BCUT2D eigenvalue weighted by Crippen LogP contribution is 2.50. The van der Waals surface area contributed by atoms with Crippen molar-refractivity contribution in [1.29, 1.82) is 0 Å². The van der Waals surface area contributed by atoms with Crippen molar-refractivity contribution in [1.82, 2.24) is 14.7 Å². The molecule has 0 aromatic carbocycles. The third-order valence-corrected chi connectivity index (χ3v) is 7.69. The molecule has 6 heteroatoms. The Morgan fingerprint density at radius 3 is 2.46 bits per heavy atom. The summed E-state index contributed by atoms with van der Waals surface area (Å²) in [7, 11) is 0. The molecule has 3 aliphatic heterocycles. The molecule has 0 atom stereocenters. The van der Waals surface area contributed by atoms with Gasteiger partial charge in [0.15, 0.2) is 0 Å². The summed E-state index contributed by atoms with van der Waals surface area (Å²) in [6, 6.07) is 1.10. The first-order chi connectivity index (χ1) is 13.3. The van der Waals surface area contributed by atoms with Crippen molar-refractivity contribution in [2.24, 2.45) is 10.8 Å². The first-order valence-corrected chi connectivity index (χ1v) is 11.3. The monoisotopic (exact) mass is 391 g/mol. The first-order valence-electron chi connectivity index (χ1n) is 11.3. The molecule has 4 rings (SSSR count). The average Bonchev–Trinajstić information content (AvgIpc) is 3.09. The predicted octanol–water partition coefficient (Wildman–Crippen LogP) is 3.11. The summed E-state index contributed by atoms with van der Waals surface area (Å²) < 4.78 is 5.17. The molecule has 0 aromatic heterocycles. The smallest absolute Gasteiger partial charge is 0.409 e. The number of nitrogens with zero attached hydrogens (tertiary/aromatic N) is 3. The van der Waals surface area contributed by atoms with Crippen molar-refractivity contribution >= 4 is 12.0 Å². The van der Waals surface area contributed by atoms with E-state index in [1.807, 2.05) is 11.8 Å². The highest BCUT2D eigenvalue weighted by Gasteiger charge is 2.51. The van der Waals surface area contributed by atoms with Gasteiger partial charge in [-0.25, -0.2) is 4.79 Å². The van der Waals surface area contributed by atoms with Crippen LogP contribution in [0.5, 0.6) is 0 Å². The van der Waals surface area contributed by atoms with Gasteiger partial charge in [-0.1, -0.05) is 13.8 Å². The molecular formula is C22H37N3O3. The third-order valence-electron chi connectivity index (χ3n) is 7.69. The molecule has 6 nitrogen and oxygen atoms in total. The maximum absolute atomic E-state index is 12.4. The molecule has 0 radical (unpaired) electrons. The molecule has 28 heavy (non-hydrogen) atoms. The summed E-state index contributed by atoms with van der Waals surface area (Å²) >= 11 is 0. The highest BCUT2D eigenvalue weighted by atomic mass is 16.6. The lowest BCUT2D eigenvalue weighted by atomic mass is 9.64. The topological polar surface area (TPSA) is 53.1 Å². The summed E-state index contributed by atoms with van der Waals surface area (Å²) in [5, 5.41) is 0. The van der Waals surface area contributed by atoms with Gasteiger partial charge in [0, 0.05) is 51.2 Å². The minimum Gasteiger partial charge on any atom is -0.450 e. The van der Waals surface area contributed by atoms with Crippen molar-refractivity contribution in [3.8, 4) is 0 Å². The van der Waals surface area contributed by atoms with Gasteiger partial charge in [-0.05, 0) is 56.3 Å². The average molecular weight is 392 g/mol. The van der Waals surface area contributed by atoms with Crippen LogP contribution in [0.15, 0.2) is 0 Å². The summed E-state index contributed by atoms with van der Waals surface area (Å²) in [6.07, 6.45) is 7.37. The number of hydrogen-bond acceptors (Lipinski definition) is 4. The van der Waals surface area contributed by atoms with Gasteiger partial charge in [-0.3, -0.25) is 4.79 Å². The Bertz CT molecular complexity index is 606. The number of carbonyl (C=O) groups excluding carboxylic acids is 2. The van der Waals surface area contributed by atoms with Crippen molar-refractivity contribution in [3.05, 3.63) is 0 Å². The lowest BCUT2D eigenvalue weighted by Gasteiger charge is -2.52. The van der Waals surface area contributed by atoms with Crippen molar-refractivity contribution < 1.29 is 14.3 Å². The van der Waals surface area contributed by atoms with E-state index < -0.39 is 0 Å². The van der Waals surface area contributed by atoms with Crippen LogP contribution in [0.2, 0.25) is 0 Å². The fourth-order valence-electron chi connectivity index (χ4n) is 5.95. The van der Waals surface area contributed by atoms with E-state index in [1.54, 1.807) is 0 Å². The van der Waals surface area contributed by atoms with E-state index in [-0.39, 0.29) is 11.5 Å². The van der Waals surface area contributed by atoms with Crippen LogP contribution in [-0.4, -0.2) is 78.1 Å². The van der Waals surface area contributed by atoms with Gasteiger partial charge in [0.05, 0.1) is 6.61 Å². The first kappa shape index (κ1) is 20.0. The zero-order chi connectivity index (χ0) is 19.9. The van der Waals surface area contributed by atoms with Crippen LogP contribution in [0, 0.1) is 10.8 Å². The largest absolute Gasteiger partial charge is 0.450 e. The molecule has 0 N–H and O–H groups in total. The number of carbonyl (C=O) groups is 2. The van der Waals surface area contributed by atoms with Crippen LogP contribution in [-0.2, 0) is 9.53 Å². The Morgan fingerprint density at radius 1 is 1.07 bits per heavy atom. The fourth-order valence-corrected chi connectivity index (χ4v) is 5.95. The molecule has 3 saturated heterocycles. The second-order valence-electron chi connectivity index (χ2n) is 10.4. The second kappa shape index (κ2) is 7.51. The van der Waals surface area contributed by atoms with Crippen molar-refractivity contribution in [3.63, 3.8) is 0 Å². The van der Waals surface area contributed by atoms with Crippen LogP contribution in [0.25, 0.3) is 0 Å². The predicted molar refractivity (Wildman–Crippen MR) is 108 cm³/mol.